The second kappa shape index (κ2) is 6.05. The summed E-state index contributed by atoms with van der Waals surface area (Å²) in [4.78, 5) is 12.4. The number of amides is 1. The van der Waals surface area contributed by atoms with Crippen LogP contribution in [0.1, 0.15) is 30.9 Å². The van der Waals surface area contributed by atoms with Crippen LogP contribution in [0.5, 0.6) is 0 Å². The van der Waals surface area contributed by atoms with Crippen molar-refractivity contribution in [2.24, 2.45) is 0 Å². The quantitative estimate of drug-likeness (QED) is 0.826. The van der Waals surface area contributed by atoms with E-state index >= 15 is 0 Å². The number of hydrogen-bond acceptors (Lipinski definition) is 1. The Labute approximate surface area is 117 Å². The summed E-state index contributed by atoms with van der Waals surface area (Å²) in [5.74, 6) is 0.231. The lowest BCUT2D eigenvalue weighted by molar-refractivity contribution is -0.113. The van der Waals surface area contributed by atoms with Crippen molar-refractivity contribution in [1.82, 2.24) is 0 Å². The van der Waals surface area contributed by atoms with Gasteiger partial charge in [-0.3, -0.25) is 4.79 Å². The number of nitrogens with one attached hydrogen (secondary N) is 1. The third kappa shape index (κ3) is 3.36. The fraction of sp³-hybridized carbons (Fsp3) is 0.562. The summed E-state index contributed by atoms with van der Waals surface area (Å²) in [6.45, 7) is 6.39. The number of para-hydroxylation sites is 1. The van der Waals surface area contributed by atoms with Gasteiger partial charge in [-0.15, -0.1) is 0 Å². The zero-order chi connectivity index (χ0) is 13.9. The van der Waals surface area contributed by atoms with Crippen LogP contribution >= 0.6 is 7.26 Å². The highest BCUT2D eigenvalue weighted by Crippen LogP contribution is 2.63. The molecule has 1 heterocycles. The van der Waals surface area contributed by atoms with Crippen LogP contribution in [-0.2, 0) is 4.79 Å². The second-order valence-corrected chi connectivity index (χ2v) is 10.3. The van der Waals surface area contributed by atoms with E-state index in [1.165, 1.54) is 31.3 Å². The Hall–Kier alpha value is -0.880. The van der Waals surface area contributed by atoms with Gasteiger partial charge in [0.15, 0.2) is 0 Å². The Balaban J connectivity index is 2.05. The maximum Gasteiger partial charge on any atom is 0.261 e. The van der Waals surface area contributed by atoms with E-state index in [2.05, 4.69) is 38.2 Å². The average Bonchev–Trinajstić information content (AvgIpc) is 2.83. The molecule has 104 valence electrons. The minimum absolute atomic E-state index is 0.231. The molecule has 1 fully saturated rings. The van der Waals surface area contributed by atoms with Gasteiger partial charge >= 0.3 is 0 Å². The number of anilines is 1. The van der Waals surface area contributed by atoms with Gasteiger partial charge in [-0.25, -0.2) is 0 Å². The largest absolute Gasteiger partial charge is 0.322 e. The molecule has 2 rings (SSSR count). The monoisotopic (exact) mass is 278 g/mol. The SMILES string of the molecule is CC[P+]1(CC(=O)Nc2c(C)cccc2C)CCCC1. The van der Waals surface area contributed by atoms with E-state index in [1.54, 1.807) is 0 Å². The van der Waals surface area contributed by atoms with Gasteiger partial charge in [0.25, 0.3) is 5.91 Å². The first-order chi connectivity index (χ1) is 9.06. The Morgan fingerprint density at radius 2 is 1.79 bits per heavy atom. The van der Waals surface area contributed by atoms with Crippen LogP contribution in [0.25, 0.3) is 0 Å². The van der Waals surface area contributed by atoms with Crippen LogP contribution in [0.2, 0.25) is 0 Å². The van der Waals surface area contributed by atoms with Crippen molar-refractivity contribution in [3.05, 3.63) is 29.3 Å². The van der Waals surface area contributed by atoms with Gasteiger partial charge in [0.2, 0.25) is 0 Å². The van der Waals surface area contributed by atoms with Crippen molar-refractivity contribution in [2.45, 2.75) is 33.6 Å². The average molecular weight is 278 g/mol. The number of carbonyl (C=O) groups excluding carboxylic acids is 1. The van der Waals surface area contributed by atoms with E-state index in [-0.39, 0.29) is 5.91 Å². The van der Waals surface area contributed by atoms with E-state index < -0.39 is 7.26 Å². The highest BCUT2D eigenvalue weighted by atomic mass is 31.2. The highest BCUT2D eigenvalue weighted by molar-refractivity contribution is 7.76. The van der Waals surface area contributed by atoms with E-state index in [1.807, 2.05) is 6.07 Å². The standard InChI is InChI=1S/C16H24NOP/c1-4-19(10-5-6-11-19)12-15(18)17-16-13(2)8-7-9-14(16)3/h7-9H,4-6,10-12H2,1-3H3/p+1. The molecule has 0 radical (unpaired) electrons. The Morgan fingerprint density at radius 3 is 2.32 bits per heavy atom. The van der Waals surface area contributed by atoms with Crippen LogP contribution < -0.4 is 5.32 Å². The number of hydrogen-bond donors (Lipinski definition) is 1. The molecule has 0 saturated carbocycles. The first-order valence-corrected chi connectivity index (χ1v) is 9.80. The smallest absolute Gasteiger partial charge is 0.261 e. The predicted octanol–water partition coefficient (Wildman–Crippen LogP) is 4.07. The second-order valence-electron chi connectivity index (χ2n) is 5.79. The molecule has 3 heteroatoms. The molecular formula is C16H25NOP+. The molecule has 0 unspecified atom stereocenters. The summed E-state index contributed by atoms with van der Waals surface area (Å²) in [7, 11) is -0.963. The van der Waals surface area contributed by atoms with Crippen LogP contribution in [0.15, 0.2) is 18.2 Å². The molecule has 1 saturated heterocycles. The van der Waals surface area contributed by atoms with Gasteiger partial charge < -0.3 is 5.32 Å². The predicted molar refractivity (Wildman–Crippen MR) is 85.8 cm³/mol. The third-order valence-electron chi connectivity index (χ3n) is 4.41. The lowest BCUT2D eigenvalue weighted by Crippen LogP contribution is -2.21. The van der Waals surface area contributed by atoms with Crippen molar-refractivity contribution in [3.63, 3.8) is 0 Å². The van der Waals surface area contributed by atoms with Gasteiger partial charge in [0.1, 0.15) is 6.16 Å². The Morgan fingerprint density at radius 1 is 1.21 bits per heavy atom. The summed E-state index contributed by atoms with van der Waals surface area (Å²) in [6.07, 6.45) is 7.33. The maximum atomic E-state index is 12.4. The van der Waals surface area contributed by atoms with Crippen molar-refractivity contribution < 1.29 is 4.79 Å². The lowest BCUT2D eigenvalue weighted by Gasteiger charge is -2.20. The van der Waals surface area contributed by atoms with Crippen LogP contribution in [0.3, 0.4) is 0 Å². The normalized spacial score (nSPS) is 17.4. The van der Waals surface area contributed by atoms with E-state index in [4.69, 9.17) is 0 Å². The van der Waals surface area contributed by atoms with Gasteiger partial charge in [0.05, 0.1) is 18.5 Å². The number of rotatable bonds is 4. The summed E-state index contributed by atoms with van der Waals surface area (Å²) < 4.78 is 0. The summed E-state index contributed by atoms with van der Waals surface area (Å²) in [6, 6.07) is 6.16. The molecular weight excluding hydrogens is 253 g/mol. The molecule has 1 aromatic carbocycles. The maximum absolute atomic E-state index is 12.4. The van der Waals surface area contributed by atoms with Gasteiger partial charge in [-0.1, -0.05) is 18.2 Å². The molecule has 0 aromatic heterocycles. The minimum Gasteiger partial charge on any atom is -0.322 e. The lowest BCUT2D eigenvalue weighted by atomic mass is 10.1. The van der Waals surface area contributed by atoms with E-state index in [0.29, 0.717) is 0 Å². The molecule has 1 aliphatic rings. The Kier molecular flexibility index (Phi) is 4.62. The van der Waals surface area contributed by atoms with Crippen LogP contribution in [0.4, 0.5) is 5.69 Å². The zero-order valence-electron chi connectivity index (χ0n) is 12.3. The zero-order valence-corrected chi connectivity index (χ0v) is 13.2. The summed E-state index contributed by atoms with van der Waals surface area (Å²) >= 11 is 0. The van der Waals surface area contributed by atoms with Crippen molar-refractivity contribution in [1.29, 1.82) is 0 Å². The van der Waals surface area contributed by atoms with Gasteiger partial charge in [-0.2, -0.15) is 0 Å². The molecule has 19 heavy (non-hydrogen) atoms. The van der Waals surface area contributed by atoms with Crippen molar-refractivity contribution in [2.75, 3.05) is 30.0 Å². The van der Waals surface area contributed by atoms with Crippen LogP contribution in [0, 0.1) is 13.8 Å². The van der Waals surface area contributed by atoms with E-state index in [9.17, 15) is 4.79 Å². The third-order valence-corrected chi connectivity index (χ3v) is 9.24. The Bertz CT molecular complexity index is 444. The van der Waals surface area contributed by atoms with Crippen molar-refractivity contribution in [3.8, 4) is 0 Å². The molecule has 1 amide bonds. The summed E-state index contributed by atoms with van der Waals surface area (Å²) in [5, 5.41) is 3.15. The fourth-order valence-electron chi connectivity index (χ4n) is 3.09. The molecule has 1 aliphatic heterocycles. The molecule has 1 aromatic rings. The number of benzene rings is 1. The van der Waals surface area contributed by atoms with Gasteiger partial charge in [-0.05, 0) is 44.7 Å². The topological polar surface area (TPSA) is 29.1 Å². The molecule has 1 N–H and O–H groups in total. The van der Waals surface area contributed by atoms with Crippen molar-refractivity contribution >= 4 is 18.9 Å². The molecule has 0 atom stereocenters. The number of aryl methyl sites for hydroxylation is 2. The molecule has 0 spiro atoms. The number of carbonyl (C=O) groups is 1. The molecule has 0 bridgehead atoms. The van der Waals surface area contributed by atoms with E-state index in [0.717, 1.165) is 23.0 Å². The first-order valence-electron chi connectivity index (χ1n) is 7.27. The first kappa shape index (κ1) is 14.5. The molecule has 2 nitrogen and oxygen atoms in total. The van der Waals surface area contributed by atoms with Crippen LogP contribution in [-0.4, -0.2) is 30.6 Å². The molecule has 0 aliphatic carbocycles. The fourth-order valence-corrected chi connectivity index (χ4v) is 6.96. The summed E-state index contributed by atoms with van der Waals surface area (Å²) in [5.41, 5.74) is 3.33. The minimum atomic E-state index is -0.963. The highest BCUT2D eigenvalue weighted by Gasteiger charge is 2.41. The van der Waals surface area contributed by atoms with Gasteiger partial charge in [0, 0.05) is 12.9 Å².